The fourth-order valence-corrected chi connectivity index (χ4v) is 6.97. The zero-order valence-corrected chi connectivity index (χ0v) is 20.2. The lowest BCUT2D eigenvalue weighted by molar-refractivity contribution is 0.0740. The minimum Gasteiger partial charge on any atom is -0.291 e. The van der Waals surface area contributed by atoms with Crippen LogP contribution in [0.15, 0.2) is 53.7 Å². The number of hydrogen-bond acceptors (Lipinski definition) is 5. The normalized spacial score (nSPS) is 23.0. The summed E-state index contributed by atoms with van der Waals surface area (Å²) in [5.74, 6) is -0.0579. The molecule has 2 aromatic rings. The number of nitrogens with one attached hydrogen (secondary N) is 1. The Balaban J connectivity index is 1.80. The van der Waals surface area contributed by atoms with Gasteiger partial charge < -0.3 is 0 Å². The maximum Gasteiger partial charge on any atom is 0.242 e. The molecule has 0 saturated heterocycles. The highest BCUT2D eigenvalue weighted by Gasteiger charge is 2.51. The van der Waals surface area contributed by atoms with E-state index in [4.69, 9.17) is 0 Å². The predicted molar refractivity (Wildman–Crippen MR) is 129 cm³/mol. The number of H-pyrrole nitrogens is 1. The minimum absolute atomic E-state index is 0.0579. The molecule has 1 saturated carbocycles. The van der Waals surface area contributed by atoms with Crippen molar-refractivity contribution in [1.29, 1.82) is 0 Å². The fraction of sp³-hybridized carbons (Fsp3) is 0.400. The molecule has 2 aliphatic rings. The molecule has 0 spiro atoms. The second-order valence-electron chi connectivity index (χ2n) is 8.79. The summed E-state index contributed by atoms with van der Waals surface area (Å²) in [7, 11) is -3.71. The monoisotopic (exact) mass is 466 g/mol. The molecule has 7 nitrogen and oxygen atoms in total. The molecule has 2 aromatic heterocycles. The summed E-state index contributed by atoms with van der Waals surface area (Å²) in [4.78, 5) is 18.6. The molecule has 0 bridgehead atoms. The summed E-state index contributed by atoms with van der Waals surface area (Å²) in [5, 5.41) is 7.19. The summed E-state index contributed by atoms with van der Waals surface area (Å²) in [6, 6.07) is 3.37. The van der Waals surface area contributed by atoms with Gasteiger partial charge in [0.05, 0.1) is 22.2 Å². The quantitative estimate of drug-likeness (QED) is 0.487. The van der Waals surface area contributed by atoms with Gasteiger partial charge in [0.15, 0.2) is 5.78 Å². The Morgan fingerprint density at radius 1 is 1.42 bits per heavy atom. The summed E-state index contributed by atoms with van der Waals surface area (Å²) in [6.07, 6.45) is 10.5. The lowest BCUT2D eigenvalue weighted by Gasteiger charge is -2.46. The smallest absolute Gasteiger partial charge is 0.242 e. The summed E-state index contributed by atoms with van der Waals surface area (Å²) >= 11 is 0. The van der Waals surface area contributed by atoms with Crippen molar-refractivity contribution in [2.24, 2.45) is 5.41 Å². The lowest BCUT2D eigenvalue weighted by Crippen LogP contribution is -2.50. The van der Waals surface area contributed by atoms with Crippen LogP contribution in [0.5, 0.6) is 0 Å². The van der Waals surface area contributed by atoms with Gasteiger partial charge in [0, 0.05) is 18.8 Å². The van der Waals surface area contributed by atoms with Gasteiger partial charge in [0.2, 0.25) is 10.0 Å². The van der Waals surface area contributed by atoms with E-state index in [1.54, 1.807) is 25.4 Å². The standard InChI is InChI=1S/C25H30N4O3S/c1-5-21(6-2)33(31,32)29(7-3)20-9-8-19-13-22-18(16-27-28-22)14-25(19,15-20)24(30)23-12-17(4)10-11-26-23/h5-6,10-13,16,20H,1,7-9,14-15H2,2-4H3,(H,27,28)/b21-6+/t20-,25-/m0/s1. The first-order chi connectivity index (χ1) is 15.8. The Morgan fingerprint density at radius 2 is 2.21 bits per heavy atom. The second-order valence-corrected chi connectivity index (χ2v) is 10.7. The second kappa shape index (κ2) is 8.83. The Morgan fingerprint density at radius 3 is 2.88 bits per heavy atom. The van der Waals surface area contributed by atoms with E-state index < -0.39 is 15.4 Å². The average molecular weight is 467 g/mol. The average Bonchev–Trinajstić information content (AvgIpc) is 3.24. The largest absolute Gasteiger partial charge is 0.291 e. The number of ketones is 1. The van der Waals surface area contributed by atoms with Gasteiger partial charge >= 0.3 is 0 Å². The molecule has 0 aliphatic heterocycles. The van der Waals surface area contributed by atoms with Crippen LogP contribution in [0.2, 0.25) is 0 Å². The highest BCUT2D eigenvalue weighted by molar-refractivity contribution is 7.93. The summed E-state index contributed by atoms with van der Waals surface area (Å²) < 4.78 is 28.3. The minimum atomic E-state index is -3.71. The molecule has 4 rings (SSSR count). The SMILES string of the molecule is C=C/C(=C\C)S(=O)(=O)N(CC)[C@H]1CCC2=Cc3[nH]ncc3C[C@]2(C(=O)c2cc(C)ccn2)C1. The van der Waals surface area contributed by atoms with Crippen LogP contribution in [0.25, 0.3) is 6.08 Å². The van der Waals surface area contributed by atoms with Gasteiger partial charge in [-0.1, -0.05) is 25.2 Å². The number of pyridine rings is 1. The highest BCUT2D eigenvalue weighted by atomic mass is 32.2. The van der Waals surface area contributed by atoms with Crippen molar-refractivity contribution < 1.29 is 13.2 Å². The number of allylic oxidation sites excluding steroid dienone is 3. The van der Waals surface area contributed by atoms with E-state index >= 15 is 0 Å². The Labute approximate surface area is 195 Å². The molecule has 2 aliphatic carbocycles. The van der Waals surface area contributed by atoms with Crippen molar-refractivity contribution in [2.75, 3.05) is 6.54 Å². The number of fused-ring (bicyclic) bond motifs is 2. The van der Waals surface area contributed by atoms with Gasteiger partial charge in [-0.05, 0) is 74.9 Å². The number of Topliss-reactive ketones (excluding diaryl/α,β-unsaturated/α-hetero) is 1. The number of aromatic nitrogens is 3. The first-order valence-corrected chi connectivity index (χ1v) is 12.7. The van der Waals surface area contributed by atoms with Gasteiger partial charge in [-0.15, -0.1) is 0 Å². The molecule has 8 heteroatoms. The van der Waals surface area contributed by atoms with E-state index in [9.17, 15) is 13.2 Å². The third kappa shape index (κ3) is 3.91. The van der Waals surface area contributed by atoms with Crippen molar-refractivity contribution in [1.82, 2.24) is 19.5 Å². The van der Waals surface area contributed by atoms with E-state index in [1.807, 2.05) is 32.1 Å². The molecule has 2 heterocycles. The van der Waals surface area contributed by atoms with Crippen LogP contribution in [0.3, 0.4) is 0 Å². The van der Waals surface area contributed by atoms with Gasteiger partial charge in [-0.3, -0.25) is 14.9 Å². The fourth-order valence-electron chi connectivity index (χ4n) is 5.28. The van der Waals surface area contributed by atoms with E-state index in [1.165, 1.54) is 10.4 Å². The summed E-state index contributed by atoms with van der Waals surface area (Å²) in [5.41, 5.74) is 3.43. The predicted octanol–water partition coefficient (Wildman–Crippen LogP) is 4.22. The molecule has 2 atom stereocenters. The van der Waals surface area contributed by atoms with Gasteiger partial charge in [-0.25, -0.2) is 8.42 Å². The molecule has 0 unspecified atom stereocenters. The van der Waals surface area contributed by atoms with Crippen molar-refractivity contribution in [3.63, 3.8) is 0 Å². The van der Waals surface area contributed by atoms with Crippen LogP contribution in [0, 0.1) is 12.3 Å². The van der Waals surface area contributed by atoms with Gasteiger partial charge in [0.25, 0.3) is 0 Å². The first-order valence-electron chi connectivity index (χ1n) is 11.3. The number of aromatic amines is 1. The molecule has 33 heavy (non-hydrogen) atoms. The van der Waals surface area contributed by atoms with Crippen molar-refractivity contribution in [2.45, 2.75) is 52.5 Å². The molecular formula is C25H30N4O3S. The first kappa shape index (κ1) is 23.3. The van der Waals surface area contributed by atoms with Crippen LogP contribution in [-0.4, -0.2) is 46.3 Å². The number of hydrogen-bond donors (Lipinski definition) is 1. The molecule has 1 fully saturated rings. The Bertz CT molecular complexity index is 1260. The number of carbonyl (C=O) groups excluding carboxylic acids is 1. The van der Waals surface area contributed by atoms with Gasteiger partial charge in [0.1, 0.15) is 5.69 Å². The molecular weight excluding hydrogens is 436 g/mol. The molecule has 0 amide bonds. The van der Waals surface area contributed by atoms with Crippen molar-refractivity contribution in [3.05, 3.63) is 76.3 Å². The zero-order valence-electron chi connectivity index (χ0n) is 19.3. The van der Waals surface area contributed by atoms with E-state index in [0.29, 0.717) is 37.9 Å². The third-order valence-electron chi connectivity index (χ3n) is 6.90. The lowest BCUT2D eigenvalue weighted by atomic mass is 9.60. The highest BCUT2D eigenvalue weighted by Crippen LogP contribution is 2.50. The van der Waals surface area contributed by atoms with E-state index in [-0.39, 0.29) is 16.7 Å². The molecule has 0 radical (unpaired) electrons. The number of nitrogens with zero attached hydrogens (tertiary/aromatic N) is 3. The number of rotatable bonds is 7. The maximum atomic E-state index is 14.1. The van der Waals surface area contributed by atoms with E-state index in [0.717, 1.165) is 22.4 Å². The number of carbonyl (C=O) groups is 1. The van der Waals surface area contributed by atoms with E-state index in [2.05, 4.69) is 21.8 Å². The molecule has 0 aromatic carbocycles. The maximum absolute atomic E-state index is 14.1. The number of aryl methyl sites for hydroxylation is 1. The number of sulfonamides is 1. The topological polar surface area (TPSA) is 96.0 Å². The van der Waals surface area contributed by atoms with Crippen LogP contribution in [0.4, 0.5) is 0 Å². The van der Waals surface area contributed by atoms with Crippen LogP contribution >= 0.6 is 0 Å². The molecule has 174 valence electrons. The third-order valence-corrected chi connectivity index (χ3v) is 9.07. The van der Waals surface area contributed by atoms with Crippen molar-refractivity contribution in [3.8, 4) is 0 Å². The van der Waals surface area contributed by atoms with Crippen LogP contribution < -0.4 is 0 Å². The zero-order chi connectivity index (χ0) is 23.8. The van der Waals surface area contributed by atoms with Crippen LogP contribution in [0.1, 0.15) is 60.4 Å². The van der Waals surface area contributed by atoms with Gasteiger partial charge in [-0.2, -0.15) is 9.40 Å². The van der Waals surface area contributed by atoms with Crippen LogP contribution in [-0.2, 0) is 16.4 Å². The Hall–Kier alpha value is -2.84. The Kier molecular flexibility index (Phi) is 6.24. The molecule has 1 N–H and O–H groups in total. The van der Waals surface area contributed by atoms with Crippen molar-refractivity contribution >= 4 is 21.9 Å². The summed E-state index contributed by atoms with van der Waals surface area (Å²) in [6.45, 7) is 9.47.